The first-order valence-corrected chi connectivity index (χ1v) is 8.26. The largest absolute Gasteiger partial charge is 0.481 e. The van der Waals surface area contributed by atoms with Crippen molar-refractivity contribution in [2.75, 3.05) is 13.1 Å². The summed E-state index contributed by atoms with van der Waals surface area (Å²) in [6.45, 7) is 1.98. The second-order valence-corrected chi connectivity index (χ2v) is 6.29. The zero-order chi connectivity index (χ0) is 18.8. The van der Waals surface area contributed by atoms with Gasteiger partial charge in [-0.2, -0.15) is 5.10 Å². The Bertz CT molecular complexity index is 925. The molecule has 1 unspecified atom stereocenters. The van der Waals surface area contributed by atoms with Gasteiger partial charge in [0.05, 0.1) is 5.92 Å². The molecule has 1 fully saturated rings. The molecule has 1 atom stereocenters. The molecule has 2 aromatic rings. The molecule has 2 heterocycles. The van der Waals surface area contributed by atoms with E-state index in [0.717, 1.165) is 0 Å². The van der Waals surface area contributed by atoms with Crippen molar-refractivity contribution in [3.63, 3.8) is 0 Å². The molecule has 1 aliphatic rings. The molecule has 0 saturated carbocycles. The van der Waals surface area contributed by atoms with Gasteiger partial charge >= 0.3 is 5.97 Å². The van der Waals surface area contributed by atoms with Gasteiger partial charge in [-0.3, -0.25) is 14.4 Å². The van der Waals surface area contributed by atoms with Crippen molar-refractivity contribution in [3.8, 4) is 5.69 Å². The normalized spacial score (nSPS) is 17.2. The Hall–Kier alpha value is -3.03. The van der Waals surface area contributed by atoms with Crippen molar-refractivity contribution in [1.82, 2.24) is 14.7 Å². The number of para-hydroxylation sites is 1. The summed E-state index contributed by atoms with van der Waals surface area (Å²) in [4.78, 5) is 37.5. The average Bonchev–Trinajstić information content (AvgIpc) is 2.62. The Morgan fingerprint density at radius 3 is 2.73 bits per heavy atom. The molecular formula is C18H18FN3O4. The number of aliphatic carboxylic acids is 1. The third-order valence-electron chi connectivity index (χ3n) is 4.45. The summed E-state index contributed by atoms with van der Waals surface area (Å²) in [6.07, 6.45) is 1.02. The topological polar surface area (TPSA) is 92.5 Å². The SMILES string of the molecule is Cc1cc(=O)c(C(=O)N2CCCC(C(=O)O)C2)nn1-c1ccccc1F. The van der Waals surface area contributed by atoms with E-state index >= 15 is 0 Å². The zero-order valence-electron chi connectivity index (χ0n) is 14.2. The summed E-state index contributed by atoms with van der Waals surface area (Å²) < 4.78 is 15.3. The van der Waals surface area contributed by atoms with E-state index < -0.39 is 29.0 Å². The number of halogens is 1. The lowest BCUT2D eigenvalue weighted by Crippen LogP contribution is -2.44. The van der Waals surface area contributed by atoms with Crippen LogP contribution in [-0.4, -0.2) is 44.8 Å². The second kappa shape index (κ2) is 7.07. The van der Waals surface area contributed by atoms with E-state index in [2.05, 4.69) is 5.10 Å². The molecule has 3 rings (SSSR count). The Labute approximate surface area is 148 Å². The van der Waals surface area contributed by atoms with E-state index in [4.69, 9.17) is 5.11 Å². The Kier molecular flexibility index (Phi) is 4.83. The van der Waals surface area contributed by atoms with Crippen molar-refractivity contribution in [1.29, 1.82) is 0 Å². The predicted octanol–water partition coefficient (Wildman–Crippen LogP) is 1.62. The Morgan fingerprint density at radius 2 is 2.04 bits per heavy atom. The molecule has 1 aromatic heterocycles. The highest BCUT2D eigenvalue weighted by Gasteiger charge is 2.30. The number of carbonyl (C=O) groups excluding carboxylic acids is 1. The van der Waals surface area contributed by atoms with Crippen LogP contribution in [0.5, 0.6) is 0 Å². The quantitative estimate of drug-likeness (QED) is 0.899. The number of aryl methyl sites for hydroxylation is 1. The van der Waals surface area contributed by atoms with E-state index in [1.807, 2.05) is 0 Å². The lowest BCUT2D eigenvalue weighted by atomic mass is 9.98. The van der Waals surface area contributed by atoms with Crippen molar-refractivity contribution < 1.29 is 19.1 Å². The predicted molar refractivity (Wildman–Crippen MR) is 90.8 cm³/mol. The number of carboxylic acid groups (broad SMARTS) is 1. The maximum atomic E-state index is 14.1. The van der Waals surface area contributed by atoms with Crippen LogP contribution in [0.1, 0.15) is 29.0 Å². The summed E-state index contributed by atoms with van der Waals surface area (Å²) in [5.41, 5.74) is -0.401. The minimum atomic E-state index is -0.969. The van der Waals surface area contributed by atoms with E-state index in [0.29, 0.717) is 25.1 Å². The van der Waals surface area contributed by atoms with Crippen LogP contribution >= 0.6 is 0 Å². The van der Waals surface area contributed by atoms with Crippen molar-refractivity contribution >= 4 is 11.9 Å². The van der Waals surface area contributed by atoms with Crippen LogP contribution < -0.4 is 5.43 Å². The summed E-state index contributed by atoms with van der Waals surface area (Å²) in [6, 6.07) is 7.14. The van der Waals surface area contributed by atoms with Gasteiger partial charge in [-0.1, -0.05) is 12.1 Å². The third kappa shape index (κ3) is 3.35. The molecule has 136 valence electrons. The van der Waals surface area contributed by atoms with Crippen LogP contribution in [0.3, 0.4) is 0 Å². The molecule has 1 saturated heterocycles. The summed E-state index contributed by atoms with van der Waals surface area (Å²) >= 11 is 0. The Morgan fingerprint density at radius 1 is 1.31 bits per heavy atom. The van der Waals surface area contributed by atoms with Crippen molar-refractivity contribution in [3.05, 3.63) is 57.8 Å². The van der Waals surface area contributed by atoms with E-state index in [1.54, 1.807) is 13.0 Å². The van der Waals surface area contributed by atoms with E-state index in [1.165, 1.54) is 33.8 Å². The molecule has 1 aliphatic heterocycles. The minimum absolute atomic E-state index is 0.0306. The fourth-order valence-electron chi connectivity index (χ4n) is 3.08. The highest BCUT2D eigenvalue weighted by molar-refractivity contribution is 5.92. The lowest BCUT2D eigenvalue weighted by Gasteiger charge is -2.30. The van der Waals surface area contributed by atoms with Crippen LogP contribution in [0.4, 0.5) is 4.39 Å². The molecule has 1 amide bonds. The monoisotopic (exact) mass is 359 g/mol. The summed E-state index contributed by atoms with van der Waals surface area (Å²) in [5, 5.41) is 13.2. The average molecular weight is 359 g/mol. The molecule has 0 bridgehead atoms. The molecule has 1 aromatic carbocycles. The molecular weight excluding hydrogens is 341 g/mol. The van der Waals surface area contributed by atoms with Crippen LogP contribution in [0, 0.1) is 18.7 Å². The molecule has 0 radical (unpaired) electrons. The van der Waals surface area contributed by atoms with Crippen LogP contribution in [0.15, 0.2) is 35.1 Å². The number of likely N-dealkylation sites (tertiary alicyclic amines) is 1. The highest BCUT2D eigenvalue weighted by Crippen LogP contribution is 2.18. The van der Waals surface area contributed by atoms with Gasteiger partial charge in [-0.15, -0.1) is 0 Å². The fraction of sp³-hybridized carbons (Fsp3) is 0.333. The van der Waals surface area contributed by atoms with Gasteiger partial charge in [-0.05, 0) is 31.9 Å². The maximum absolute atomic E-state index is 14.1. The third-order valence-corrected chi connectivity index (χ3v) is 4.45. The van der Waals surface area contributed by atoms with Crippen LogP contribution in [-0.2, 0) is 4.79 Å². The fourth-order valence-corrected chi connectivity index (χ4v) is 3.08. The molecule has 8 heteroatoms. The van der Waals surface area contributed by atoms with Gasteiger partial charge in [-0.25, -0.2) is 9.07 Å². The number of benzene rings is 1. The Balaban J connectivity index is 1.99. The smallest absolute Gasteiger partial charge is 0.308 e. The van der Waals surface area contributed by atoms with Crippen LogP contribution in [0.2, 0.25) is 0 Å². The van der Waals surface area contributed by atoms with Crippen molar-refractivity contribution in [2.24, 2.45) is 5.92 Å². The molecule has 7 nitrogen and oxygen atoms in total. The number of amides is 1. The van der Waals surface area contributed by atoms with Gasteiger partial charge in [0, 0.05) is 24.8 Å². The number of aromatic nitrogens is 2. The number of hydrogen-bond donors (Lipinski definition) is 1. The molecule has 26 heavy (non-hydrogen) atoms. The number of carbonyl (C=O) groups is 2. The number of hydrogen-bond acceptors (Lipinski definition) is 4. The maximum Gasteiger partial charge on any atom is 0.308 e. The highest BCUT2D eigenvalue weighted by atomic mass is 19.1. The van der Waals surface area contributed by atoms with E-state index in [-0.39, 0.29) is 17.9 Å². The lowest BCUT2D eigenvalue weighted by molar-refractivity contribution is -0.143. The number of nitrogens with zero attached hydrogens (tertiary/aromatic N) is 3. The summed E-state index contributed by atoms with van der Waals surface area (Å²) in [5.74, 6) is -2.80. The first kappa shape index (κ1) is 17.8. The van der Waals surface area contributed by atoms with Crippen LogP contribution in [0.25, 0.3) is 5.69 Å². The summed E-state index contributed by atoms with van der Waals surface area (Å²) in [7, 11) is 0. The number of carboxylic acids is 1. The van der Waals surface area contributed by atoms with Gasteiger partial charge < -0.3 is 10.0 Å². The van der Waals surface area contributed by atoms with E-state index in [9.17, 15) is 18.8 Å². The second-order valence-electron chi connectivity index (χ2n) is 6.29. The first-order chi connectivity index (χ1) is 12.4. The standard InChI is InChI=1S/C18H18FN3O4/c1-11-9-15(23)16(20-22(11)14-7-3-2-6-13(14)19)17(24)21-8-4-5-12(10-21)18(25)26/h2-3,6-7,9,12H,4-5,8,10H2,1H3,(H,25,26). The van der Waals surface area contributed by atoms with Gasteiger partial charge in [0.2, 0.25) is 5.43 Å². The molecule has 1 N–H and O–H groups in total. The van der Waals surface area contributed by atoms with Gasteiger partial charge in [0.15, 0.2) is 5.69 Å². The van der Waals surface area contributed by atoms with Gasteiger partial charge in [0.25, 0.3) is 5.91 Å². The molecule has 0 aliphatic carbocycles. The van der Waals surface area contributed by atoms with Gasteiger partial charge in [0.1, 0.15) is 11.5 Å². The first-order valence-electron chi connectivity index (χ1n) is 8.26. The zero-order valence-corrected chi connectivity index (χ0v) is 14.2. The molecule has 0 spiro atoms. The number of piperidine rings is 1. The minimum Gasteiger partial charge on any atom is -0.481 e. The van der Waals surface area contributed by atoms with Crippen molar-refractivity contribution in [2.45, 2.75) is 19.8 Å². The number of rotatable bonds is 3.